The number of esters is 3. The molecule has 0 aromatic carbocycles. The second-order valence-corrected chi connectivity index (χ2v) is 32.9. The molecule has 0 radical (unpaired) electrons. The van der Waals surface area contributed by atoms with Gasteiger partial charge in [0.1, 0.15) is 25.4 Å². The van der Waals surface area contributed by atoms with Crippen molar-refractivity contribution in [1.29, 1.82) is 0 Å². The van der Waals surface area contributed by atoms with E-state index in [1.807, 2.05) is 18.2 Å². The molecule has 0 aliphatic heterocycles. The Morgan fingerprint density at radius 1 is 0.252 bits per heavy atom. The van der Waals surface area contributed by atoms with E-state index in [4.69, 9.17) is 32.3 Å². The summed E-state index contributed by atoms with van der Waals surface area (Å²) in [6, 6.07) is 0. The van der Waals surface area contributed by atoms with E-state index in [0.717, 1.165) is 122 Å². The van der Waals surface area contributed by atoms with Gasteiger partial charge in [0.15, 0.2) is 6.10 Å². The number of hydrogen-bond donors (Lipinski definition) is 4. The molecule has 5 unspecified atom stereocenters. The normalized spacial score (nSPS) is 14.6. The highest BCUT2D eigenvalue weighted by molar-refractivity contribution is 7.47. The van der Waals surface area contributed by atoms with Crippen LogP contribution < -0.4 is 0 Å². The fourth-order valence-electron chi connectivity index (χ4n) is 12.0. The fourth-order valence-corrected chi connectivity index (χ4v) is 13.6. The van der Waals surface area contributed by atoms with E-state index < -0.39 is 91.5 Å². The van der Waals surface area contributed by atoms with Crippen LogP contribution in [0.15, 0.2) is 170 Å². The minimum atomic E-state index is -4.96. The number of unbranched alkanes of at least 4 members (excludes halogenated alkanes) is 34. The lowest BCUT2D eigenvalue weighted by molar-refractivity contribution is -0.161. The van der Waals surface area contributed by atoms with E-state index in [1.165, 1.54) is 180 Å². The van der Waals surface area contributed by atoms with Gasteiger partial charge in [-0.05, 0) is 148 Å². The molecule has 115 heavy (non-hydrogen) atoms. The zero-order valence-corrected chi connectivity index (χ0v) is 74.2. The number of ether oxygens (including phenoxy) is 3. The van der Waals surface area contributed by atoms with Gasteiger partial charge < -0.3 is 34.2 Å². The third-order valence-electron chi connectivity index (χ3n) is 18.9. The molecule has 16 nitrogen and oxygen atoms in total. The Bertz CT molecular complexity index is 2770. The summed E-state index contributed by atoms with van der Waals surface area (Å²) >= 11 is 0. The highest BCUT2D eigenvalue weighted by Crippen LogP contribution is 2.45. The molecule has 0 aromatic rings. The van der Waals surface area contributed by atoms with Gasteiger partial charge in [-0.1, -0.05) is 371 Å². The van der Waals surface area contributed by atoms with Gasteiger partial charge in [0.25, 0.3) is 0 Å². The Balaban J connectivity index is 4.54. The van der Waals surface area contributed by atoms with E-state index >= 15 is 0 Å². The first-order valence-electron chi connectivity index (χ1n) is 45.4. The van der Waals surface area contributed by atoms with Gasteiger partial charge in [-0.3, -0.25) is 32.5 Å². The van der Waals surface area contributed by atoms with Crippen molar-refractivity contribution in [3.05, 3.63) is 170 Å². The summed E-state index contributed by atoms with van der Waals surface area (Å²) in [4.78, 5) is 58.9. The second-order valence-electron chi connectivity index (χ2n) is 30.0. The van der Waals surface area contributed by atoms with Gasteiger partial charge in [0.2, 0.25) is 0 Å². The number of aliphatic hydroxyl groups is 2. The zero-order valence-electron chi connectivity index (χ0n) is 72.4. The van der Waals surface area contributed by atoms with Crippen molar-refractivity contribution in [2.45, 2.75) is 386 Å². The third-order valence-corrected chi connectivity index (χ3v) is 20.8. The first-order valence-corrected chi connectivity index (χ1v) is 48.4. The van der Waals surface area contributed by atoms with E-state index in [2.05, 4.69) is 173 Å². The van der Waals surface area contributed by atoms with Crippen LogP contribution in [0.3, 0.4) is 0 Å². The minimum absolute atomic E-state index is 0.0268. The molecular weight excluding hydrogens is 1480 g/mol. The molecule has 5 atom stereocenters. The summed E-state index contributed by atoms with van der Waals surface area (Å²) in [6.45, 7) is 2.44. The molecule has 18 heteroatoms. The van der Waals surface area contributed by atoms with Gasteiger partial charge in [-0.15, -0.1) is 0 Å². The van der Waals surface area contributed by atoms with E-state index in [0.29, 0.717) is 25.7 Å². The van der Waals surface area contributed by atoms with Crippen molar-refractivity contribution in [3.63, 3.8) is 0 Å². The monoisotopic (exact) mass is 1650 g/mol. The van der Waals surface area contributed by atoms with E-state index in [9.17, 15) is 43.5 Å². The summed E-state index contributed by atoms with van der Waals surface area (Å²) < 4.78 is 61.3. The Morgan fingerprint density at radius 2 is 0.478 bits per heavy atom. The lowest BCUT2D eigenvalue weighted by Gasteiger charge is -2.21. The number of carbonyl (C=O) groups excluding carboxylic acids is 3. The van der Waals surface area contributed by atoms with Gasteiger partial charge in [0, 0.05) is 19.3 Å². The summed E-state index contributed by atoms with van der Waals surface area (Å²) in [5.74, 6) is -1.68. The molecule has 0 spiro atoms. The van der Waals surface area contributed by atoms with Crippen molar-refractivity contribution in [3.8, 4) is 0 Å². The maximum Gasteiger partial charge on any atom is 0.472 e. The Hall–Kier alpha value is -5.09. The lowest BCUT2D eigenvalue weighted by atomic mass is 10.0. The Morgan fingerprint density at radius 3 is 0.765 bits per heavy atom. The highest BCUT2D eigenvalue weighted by Gasteiger charge is 2.29. The Labute approximate surface area is 701 Å². The molecule has 0 heterocycles. The van der Waals surface area contributed by atoms with Gasteiger partial charge in [-0.2, -0.15) is 0 Å². The maximum atomic E-state index is 13.0. The first kappa shape index (κ1) is 110. The van der Waals surface area contributed by atoms with Crippen LogP contribution in [-0.4, -0.2) is 95.9 Å². The van der Waals surface area contributed by atoms with Crippen LogP contribution in [0.1, 0.15) is 367 Å². The fraction of sp³-hybridized carbons (Fsp3) is 0.680. The predicted molar refractivity (Wildman–Crippen MR) is 482 cm³/mol. The quantitative estimate of drug-likeness (QED) is 0.0146. The van der Waals surface area contributed by atoms with Crippen molar-refractivity contribution < 1.29 is 75.8 Å². The molecule has 0 saturated carbocycles. The maximum absolute atomic E-state index is 13.0. The number of aliphatic hydroxyl groups excluding tert-OH is 2. The Kier molecular flexibility index (Phi) is 84.3. The average Bonchev–Trinajstić information content (AvgIpc) is 0.900. The standard InChI is InChI=1S/C97H164O16P2/c1-4-7-10-13-16-19-22-25-28-31-34-36-38-40-41-42-43-44-45-46-47-48-49-51-53-54-57-59-62-65-68-71-74-77-80-83-95(100)107-86-92(98)87-109-114(103,104)110-88-93(99)89-111-115(105,106)112-91-94(113-97(102)85-82-79-76-73-70-67-64-61-56-33-30-27-24-21-18-15-12-9-6-3)90-108-96(101)84-81-78-75-72-69-66-63-60-58-55-52-50-39-37-35-32-29-26-23-20-17-14-11-8-5-2/h9,12,16-21,25-30,34-37,40-41,50,52,56,61,67,70,76,79,92-94,98-99H,4-8,10-11,13-15,22-24,31-33,38-39,42-49,51,53-55,57-60,62-66,68-69,71-75,77-78,80-91H2,1-3H3,(H,103,104)(H,105,106)/b12-9-,19-16-,20-17-,21-18-,28-25-,29-26-,30-27-,36-34-,37-35-,41-40-,52-50-,61-56-,70-67-,79-76-. The topological polar surface area (TPSA) is 231 Å². The van der Waals surface area contributed by atoms with Crippen LogP contribution in [0.25, 0.3) is 0 Å². The molecule has 0 aromatic heterocycles. The zero-order chi connectivity index (χ0) is 83.6. The van der Waals surface area contributed by atoms with Gasteiger partial charge >= 0.3 is 33.6 Å². The van der Waals surface area contributed by atoms with Crippen LogP contribution in [0.5, 0.6) is 0 Å². The van der Waals surface area contributed by atoms with Crippen molar-refractivity contribution in [2.24, 2.45) is 0 Å². The SMILES string of the molecule is CC/C=C\C/C=C\C/C=C\C/C=C\C/C=C\C/C=C\CCC(=O)OC(COC(=O)CCCCCCCCCCC/C=C\C/C=C\C/C=C\C/C=C\CCCCC)COP(=O)(O)OCC(O)COP(=O)(O)OCC(O)COC(=O)CCCCCCCCCCCCCCCCCCCCC/C=C\C/C=C\C/C=C\C/C=C\CCCCC. The van der Waals surface area contributed by atoms with E-state index in [-0.39, 0.29) is 19.3 Å². The van der Waals surface area contributed by atoms with Crippen molar-refractivity contribution >= 4 is 33.6 Å². The summed E-state index contributed by atoms with van der Waals surface area (Å²) in [5.41, 5.74) is 0. The van der Waals surface area contributed by atoms with Crippen LogP contribution >= 0.6 is 15.6 Å². The van der Waals surface area contributed by atoms with Gasteiger partial charge in [-0.25, -0.2) is 9.13 Å². The predicted octanol–water partition coefficient (Wildman–Crippen LogP) is 27.9. The molecule has 0 saturated heterocycles. The molecule has 0 bridgehead atoms. The number of phosphoric acid groups is 2. The summed E-state index contributed by atoms with van der Waals surface area (Å²) in [5, 5.41) is 20.7. The van der Waals surface area contributed by atoms with Crippen molar-refractivity contribution in [1.82, 2.24) is 0 Å². The van der Waals surface area contributed by atoms with Crippen LogP contribution in [0.4, 0.5) is 0 Å². The average molecular weight is 1650 g/mol. The molecule has 0 aliphatic carbocycles. The molecule has 0 amide bonds. The van der Waals surface area contributed by atoms with E-state index in [1.54, 1.807) is 0 Å². The summed E-state index contributed by atoms with van der Waals surface area (Å²) in [6.07, 6.45) is 114. The van der Waals surface area contributed by atoms with Crippen LogP contribution in [0, 0.1) is 0 Å². The molecule has 0 fully saturated rings. The minimum Gasteiger partial charge on any atom is -0.463 e. The first-order chi connectivity index (χ1) is 56.2. The summed E-state index contributed by atoms with van der Waals surface area (Å²) in [7, 11) is -9.84. The van der Waals surface area contributed by atoms with Crippen molar-refractivity contribution in [2.75, 3.05) is 39.6 Å². The third kappa shape index (κ3) is 89.5. The molecule has 0 rings (SSSR count). The smallest absolute Gasteiger partial charge is 0.463 e. The van der Waals surface area contributed by atoms with Crippen LogP contribution in [0.2, 0.25) is 0 Å². The molecule has 4 N–H and O–H groups in total. The molecular formula is C97H164O16P2. The highest BCUT2D eigenvalue weighted by atomic mass is 31.2. The number of allylic oxidation sites excluding steroid dienone is 28. The number of hydrogen-bond acceptors (Lipinski definition) is 14. The van der Waals surface area contributed by atoms with Gasteiger partial charge in [0.05, 0.1) is 26.4 Å². The lowest BCUT2D eigenvalue weighted by Crippen LogP contribution is -2.29. The molecule has 658 valence electrons. The molecule has 0 aliphatic rings. The second kappa shape index (κ2) is 88.2. The largest absolute Gasteiger partial charge is 0.472 e. The number of phosphoric ester groups is 2. The van der Waals surface area contributed by atoms with Crippen LogP contribution in [-0.2, 0) is 55.8 Å². The number of rotatable bonds is 85. The number of carbonyl (C=O) groups is 3.